The van der Waals surface area contributed by atoms with Crippen LogP contribution in [-0.4, -0.2) is 24.7 Å². The summed E-state index contributed by atoms with van der Waals surface area (Å²) in [5, 5.41) is 4.32. The molecule has 0 spiro atoms. The Bertz CT molecular complexity index is 412. The number of hydrogen-bond donors (Lipinski definition) is 1. The SMILES string of the molecule is Cc1nc(-c2cnc[nH]2)n(C(C)C)n1. The van der Waals surface area contributed by atoms with Gasteiger partial charge in [0.2, 0.25) is 0 Å². The molecule has 0 fully saturated rings. The van der Waals surface area contributed by atoms with Gasteiger partial charge in [-0.25, -0.2) is 14.6 Å². The van der Waals surface area contributed by atoms with Crippen LogP contribution in [0.4, 0.5) is 0 Å². The van der Waals surface area contributed by atoms with Crippen molar-refractivity contribution < 1.29 is 0 Å². The Morgan fingerprint density at radius 3 is 2.79 bits per heavy atom. The predicted octanol–water partition coefficient (Wildman–Crippen LogP) is 1.56. The molecule has 0 aliphatic rings. The number of aromatic amines is 1. The number of hydrogen-bond acceptors (Lipinski definition) is 3. The molecule has 0 saturated carbocycles. The smallest absolute Gasteiger partial charge is 0.176 e. The minimum atomic E-state index is 0.300. The third-order valence-corrected chi connectivity index (χ3v) is 1.97. The summed E-state index contributed by atoms with van der Waals surface area (Å²) in [6.07, 6.45) is 3.40. The maximum atomic E-state index is 4.35. The Kier molecular flexibility index (Phi) is 2.07. The van der Waals surface area contributed by atoms with Crippen molar-refractivity contribution in [1.29, 1.82) is 0 Å². The number of imidazole rings is 1. The Labute approximate surface area is 82.2 Å². The Morgan fingerprint density at radius 1 is 1.43 bits per heavy atom. The first kappa shape index (κ1) is 8.93. The normalized spacial score (nSPS) is 11.1. The van der Waals surface area contributed by atoms with Gasteiger partial charge in [0.1, 0.15) is 11.5 Å². The van der Waals surface area contributed by atoms with E-state index in [1.54, 1.807) is 12.5 Å². The van der Waals surface area contributed by atoms with Gasteiger partial charge in [0.25, 0.3) is 0 Å². The molecule has 0 amide bonds. The third kappa shape index (κ3) is 1.41. The van der Waals surface area contributed by atoms with Crippen molar-refractivity contribution in [1.82, 2.24) is 24.7 Å². The van der Waals surface area contributed by atoms with Gasteiger partial charge < -0.3 is 4.98 Å². The molecule has 1 N–H and O–H groups in total. The molecule has 0 aliphatic carbocycles. The van der Waals surface area contributed by atoms with E-state index in [4.69, 9.17) is 0 Å². The largest absolute Gasteiger partial charge is 0.342 e. The highest BCUT2D eigenvalue weighted by Gasteiger charge is 2.12. The monoisotopic (exact) mass is 191 g/mol. The molecule has 5 heteroatoms. The van der Waals surface area contributed by atoms with Gasteiger partial charge in [-0.3, -0.25) is 0 Å². The van der Waals surface area contributed by atoms with Crippen LogP contribution in [-0.2, 0) is 0 Å². The molecule has 74 valence electrons. The Hall–Kier alpha value is -1.65. The average molecular weight is 191 g/mol. The van der Waals surface area contributed by atoms with Crippen LogP contribution in [0, 0.1) is 6.92 Å². The molecular weight excluding hydrogens is 178 g/mol. The fourth-order valence-corrected chi connectivity index (χ4v) is 1.35. The zero-order chi connectivity index (χ0) is 10.1. The molecule has 0 unspecified atom stereocenters. The van der Waals surface area contributed by atoms with E-state index in [-0.39, 0.29) is 0 Å². The first-order valence-corrected chi connectivity index (χ1v) is 4.60. The van der Waals surface area contributed by atoms with E-state index in [1.807, 2.05) is 11.6 Å². The van der Waals surface area contributed by atoms with Crippen molar-refractivity contribution in [2.24, 2.45) is 0 Å². The van der Waals surface area contributed by atoms with E-state index >= 15 is 0 Å². The average Bonchev–Trinajstić information content (AvgIpc) is 2.70. The molecule has 2 aromatic heterocycles. The van der Waals surface area contributed by atoms with Gasteiger partial charge >= 0.3 is 0 Å². The van der Waals surface area contributed by atoms with E-state index in [2.05, 4.69) is 33.9 Å². The molecule has 2 heterocycles. The van der Waals surface area contributed by atoms with Gasteiger partial charge in [0, 0.05) is 6.04 Å². The molecule has 0 radical (unpaired) electrons. The Balaban J connectivity index is 2.52. The highest BCUT2D eigenvalue weighted by molar-refractivity contribution is 5.47. The maximum Gasteiger partial charge on any atom is 0.176 e. The molecule has 0 aliphatic heterocycles. The van der Waals surface area contributed by atoms with Crippen LogP contribution in [0.5, 0.6) is 0 Å². The van der Waals surface area contributed by atoms with Crippen molar-refractivity contribution in [3.8, 4) is 11.5 Å². The lowest BCUT2D eigenvalue weighted by Crippen LogP contribution is -2.05. The topological polar surface area (TPSA) is 59.4 Å². The van der Waals surface area contributed by atoms with Gasteiger partial charge in [0.15, 0.2) is 5.82 Å². The molecule has 2 rings (SSSR count). The molecular formula is C9H13N5. The van der Waals surface area contributed by atoms with E-state index in [0.717, 1.165) is 17.3 Å². The fraction of sp³-hybridized carbons (Fsp3) is 0.444. The fourth-order valence-electron chi connectivity index (χ4n) is 1.35. The van der Waals surface area contributed by atoms with E-state index in [1.165, 1.54) is 0 Å². The predicted molar refractivity (Wildman–Crippen MR) is 52.7 cm³/mol. The van der Waals surface area contributed by atoms with Crippen LogP contribution in [0.15, 0.2) is 12.5 Å². The highest BCUT2D eigenvalue weighted by atomic mass is 15.4. The maximum absolute atomic E-state index is 4.35. The summed E-state index contributed by atoms with van der Waals surface area (Å²) in [5.74, 6) is 1.62. The van der Waals surface area contributed by atoms with Gasteiger partial charge in [-0.2, -0.15) is 5.10 Å². The van der Waals surface area contributed by atoms with Crippen LogP contribution >= 0.6 is 0 Å². The summed E-state index contributed by atoms with van der Waals surface area (Å²) in [6.45, 7) is 6.04. The van der Waals surface area contributed by atoms with Gasteiger partial charge in [-0.05, 0) is 20.8 Å². The zero-order valence-corrected chi connectivity index (χ0v) is 8.52. The van der Waals surface area contributed by atoms with E-state index < -0.39 is 0 Å². The number of aromatic nitrogens is 5. The summed E-state index contributed by atoms with van der Waals surface area (Å²) in [6, 6.07) is 0.300. The van der Waals surface area contributed by atoms with Crippen LogP contribution in [0.1, 0.15) is 25.7 Å². The van der Waals surface area contributed by atoms with Crippen LogP contribution < -0.4 is 0 Å². The lowest BCUT2D eigenvalue weighted by molar-refractivity contribution is 0.534. The minimum Gasteiger partial charge on any atom is -0.342 e. The quantitative estimate of drug-likeness (QED) is 0.783. The number of nitrogens with zero attached hydrogens (tertiary/aromatic N) is 4. The molecule has 0 bridgehead atoms. The number of rotatable bonds is 2. The molecule has 5 nitrogen and oxygen atoms in total. The summed E-state index contributed by atoms with van der Waals surface area (Å²) < 4.78 is 1.89. The van der Waals surface area contributed by atoms with E-state index in [0.29, 0.717) is 6.04 Å². The molecule has 0 aromatic carbocycles. The first-order chi connectivity index (χ1) is 6.68. The second-order valence-corrected chi connectivity index (χ2v) is 3.49. The summed E-state index contributed by atoms with van der Waals surface area (Å²) in [7, 11) is 0. The summed E-state index contributed by atoms with van der Waals surface area (Å²) >= 11 is 0. The molecule has 0 saturated heterocycles. The Morgan fingerprint density at radius 2 is 2.21 bits per heavy atom. The van der Waals surface area contributed by atoms with Crippen LogP contribution in [0.2, 0.25) is 0 Å². The van der Waals surface area contributed by atoms with Gasteiger partial charge in [-0.15, -0.1) is 0 Å². The van der Waals surface area contributed by atoms with Crippen molar-refractivity contribution in [2.75, 3.05) is 0 Å². The van der Waals surface area contributed by atoms with Crippen LogP contribution in [0.3, 0.4) is 0 Å². The second kappa shape index (κ2) is 3.25. The van der Waals surface area contributed by atoms with Gasteiger partial charge in [0.05, 0.1) is 12.5 Å². The third-order valence-electron chi connectivity index (χ3n) is 1.97. The highest BCUT2D eigenvalue weighted by Crippen LogP contribution is 2.17. The second-order valence-electron chi connectivity index (χ2n) is 3.49. The molecule has 2 aromatic rings. The number of aryl methyl sites for hydroxylation is 1. The minimum absolute atomic E-state index is 0.300. The van der Waals surface area contributed by atoms with Crippen molar-refractivity contribution in [2.45, 2.75) is 26.8 Å². The van der Waals surface area contributed by atoms with Crippen molar-refractivity contribution in [3.63, 3.8) is 0 Å². The lowest BCUT2D eigenvalue weighted by Gasteiger charge is -2.07. The van der Waals surface area contributed by atoms with Crippen molar-refractivity contribution in [3.05, 3.63) is 18.3 Å². The van der Waals surface area contributed by atoms with Crippen LogP contribution in [0.25, 0.3) is 11.5 Å². The molecule has 14 heavy (non-hydrogen) atoms. The standard InChI is InChI=1S/C9H13N5/c1-6(2)14-9(12-7(3)13-14)8-4-10-5-11-8/h4-6H,1-3H3,(H,10,11). The molecule has 0 atom stereocenters. The van der Waals surface area contributed by atoms with Crippen molar-refractivity contribution >= 4 is 0 Å². The summed E-state index contributed by atoms with van der Waals surface area (Å²) in [4.78, 5) is 11.4. The van der Waals surface area contributed by atoms with Gasteiger partial charge in [-0.1, -0.05) is 0 Å². The number of nitrogens with one attached hydrogen (secondary N) is 1. The zero-order valence-electron chi connectivity index (χ0n) is 8.52. The summed E-state index contributed by atoms with van der Waals surface area (Å²) in [5.41, 5.74) is 0.902. The van der Waals surface area contributed by atoms with E-state index in [9.17, 15) is 0 Å². The number of H-pyrrole nitrogens is 1. The first-order valence-electron chi connectivity index (χ1n) is 4.60. The lowest BCUT2D eigenvalue weighted by atomic mass is 10.3.